The minimum atomic E-state index is -0.394. The van der Waals surface area contributed by atoms with Crippen LogP contribution in [0.25, 0.3) is 28.1 Å². The van der Waals surface area contributed by atoms with Gasteiger partial charge in [-0.05, 0) is 112 Å². The monoisotopic (exact) mass is 806 g/mol. The Hall–Kier alpha value is -6.34. The molecule has 0 amide bonds. The fourth-order valence-corrected chi connectivity index (χ4v) is 7.11. The molecule has 12 nitrogen and oxygen atoms in total. The number of nitrogens with zero attached hydrogens (tertiary/aromatic N) is 6. The van der Waals surface area contributed by atoms with Crippen molar-refractivity contribution < 1.29 is 23.7 Å². The van der Waals surface area contributed by atoms with E-state index < -0.39 is 4.92 Å². The van der Waals surface area contributed by atoms with E-state index in [1.807, 2.05) is 76.2 Å². The van der Waals surface area contributed by atoms with Crippen LogP contribution in [0, 0.1) is 53.9 Å². The van der Waals surface area contributed by atoms with Crippen LogP contribution in [0.2, 0.25) is 5.15 Å². The summed E-state index contributed by atoms with van der Waals surface area (Å²) in [6.07, 6.45) is 2.11. The van der Waals surface area contributed by atoms with Gasteiger partial charge in [0.2, 0.25) is 5.95 Å². The molecule has 0 bridgehead atoms. The van der Waals surface area contributed by atoms with Crippen LogP contribution in [0.1, 0.15) is 70.2 Å². The Labute approximate surface area is 340 Å². The number of aryl methyl sites for hydroxylation is 4. The van der Waals surface area contributed by atoms with Gasteiger partial charge < -0.3 is 9.47 Å². The molecule has 2 aromatic heterocycles. The molecule has 300 valence electrons. The van der Waals surface area contributed by atoms with Crippen LogP contribution in [0.5, 0.6) is 11.5 Å². The average Bonchev–Trinajstić information content (AvgIpc) is 3.97. The van der Waals surface area contributed by atoms with Gasteiger partial charge in [0.05, 0.1) is 32.4 Å². The summed E-state index contributed by atoms with van der Waals surface area (Å²) in [5.41, 5.74) is 10.1. The van der Waals surface area contributed by atoms with E-state index in [1.54, 1.807) is 37.8 Å². The van der Waals surface area contributed by atoms with Gasteiger partial charge in [0, 0.05) is 48.5 Å². The van der Waals surface area contributed by atoms with E-state index in [0.29, 0.717) is 45.0 Å². The molecule has 0 atom stereocenters. The van der Waals surface area contributed by atoms with Crippen LogP contribution < -0.4 is 9.47 Å². The summed E-state index contributed by atoms with van der Waals surface area (Å²) in [6, 6.07) is 21.4. The summed E-state index contributed by atoms with van der Waals surface area (Å²) >= 11 is 6.23. The fourth-order valence-electron chi connectivity index (χ4n) is 6.98. The second-order valence-electron chi connectivity index (χ2n) is 14.5. The summed E-state index contributed by atoms with van der Waals surface area (Å²) in [6.45, 7) is 13.4. The van der Waals surface area contributed by atoms with Crippen molar-refractivity contribution in [2.75, 3.05) is 0 Å². The molecule has 58 heavy (non-hydrogen) atoms. The quantitative estimate of drug-likeness (QED) is 0.0879. The molecule has 1 aliphatic carbocycles. The molecular weight excluding hydrogens is 763 g/mol. The van der Waals surface area contributed by atoms with E-state index in [1.165, 1.54) is 16.8 Å². The first-order valence-corrected chi connectivity index (χ1v) is 19.0. The lowest BCUT2D eigenvalue weighted by Crippen LogP contribution is -2.05. The number of allylic oxidation sites excluding steroid dienone is 1. The van der Waals surface area contributed by atoms with Crippen molar-refractivity contribution >= 4 is 28.5 Å². The van der Waals surface area contributed by atoms with E-state index >= 15 is 0 Å². The lowest BCUT2D eigenvalue weighted by molar-refractivity contribution is -0.386. The molecule has 7 rings (SSSR count). The third-order valence-electron chi connectivity index (χ3n) is 10.2. The molecule has 1 aliphatic rings. The first kappa shape index (κ1) is 41.3. The van der Waals surface area contributed by atoms with Gasteiger partial charge in [-0.3, -0.25) is 24.9 Å². The van der Waals surface area contributed by atoms with E-state index in [-0.39, 0.29) is 35.5 Å². The molecule has 0 saturated heterocycles. The maximum absolute atomic E-state index is 14.0. The first-order valence-electron chi connectivity index (χ1n) is 18.6. The van der Waals surface area contributed by atoms with Crippen LogP contribution in [0.3, 0.4) is 0 Å². The predicted molar refractivity (Wildman–Crippen MR) is 223 cm³/mol. The van der Waals surface area contributed by atoms with Crippen molar-refractivity contribution in [3.05, 3.63) is 155 Å². The lowest BCUT2D eigenvalue weighted by atomic mass is 10.0. The molecule has 1 fully saturated rings. The molecule has 0 aliphatic heterocycles. The van der Waals surface area contributed by atoms with E-state index in [4.69, 9.17) is 21.1 Å². The topological polar surface area (TPSA) is 140 Å². The van der Waals surface area contributed by atoms with Crippen molar-refractivity contribution in [2.24, 2.45) is 14.1 Å². The molecule has 0 unspecified atom stereocenters. The molecular formula is C44H44ClFN6O6. The van der Waals surface area contributed by atoms with Crippen molar-refractivity contribution in [2.45, 2.75) is 66.6 Å². The minimum Gasteiger partial charge on any atom is -0.488 e. The minimum absolute atomic E-state index is 0.0264. The molecule has 14 heteroatoms. The molecule has 0 N–H and O–H groups in total. The number of hydrogen-bond acceptors (Lipinski definition) is 8. The van der Waals surface area contributed by atoms with Crippen LogP contribution in [0.15, 0.2) is 79.4 Å². The molecule has 1 saturated carbocycles. The zero-order chi connectivity index (χ0) is 42.0. The van der Waals surface area contributed by atoms with Crippen LogP contribution in [-0.2, 0) is 27.3 Å². The number of hydrogen-bond donors (Lipinski definition) is 0. The summed E-state index contributed by atoms with van der Waals surface area (Å²) in [5, 5.41) is 32.2. The third-order valence-corrected chi connectivity index (χ3v) is 10.8. The summed E-state index contributed by atoms with van der Waals surface area (Å²) in [4.78, 5) is 22.2. The van der Waals surface area contributed by atoms with Crippen LogP contribution in [0.4, 0.5) is 15.8 Å². The number of nitro groups is 2. The van der Waals surface area contributed by atoms with Crippen LogP contribution >= 0.6 is 11.6 Å². The highest BCUT2D eigenvalue weighted by atomic mass is 35.5. The number of aromatic nitrogens is 4. The Bertz CT molecular complexity index is 2540. The SMILES string of the molecule is C=C(C)c1cccc([N+](=O)[O-])c1COc1ccc(-c2nn(C)c(Cl)c2C)cc1C.Cc1cc(-c2nn(C)c(F)c2C)ccc1OCc1c(C2CC2)cccc1[N+](=O)[O-]. The lowest BCUT2D eigenvalue weighted by Gasteiger charge is -2.13. The van der Waals surface area contributed by atoms with E-state index in [9.17, 15) is 24.6 Å². The molecule has 0 radical (unpaired) electrons. The van der Waals surface area contributed by atoms with Gasteiger partial charge in [-0.15, -0.1) is 0 Å². The largest absolute Gasteiger partial charge is 0.488 e. The zero-order valence-corrected chi connectivity index (χ0v) is 34.2. The van der Waals surface area contributed by atoms with Gasteiger partial charge >= 0.3 is 0 Å². The van der Waals surface area contributed by atoms with Crippen molar-refractivity contribution in [3.8, 4) is 34.0 Å². The number of halogens is 2. The number of rotatable bonds is 12. The molecule has 6 aromatic rings. The second-order valence-corrected chi connectivity index (χ2v) is 14.9. The number of benzene rings is 4. The van der Waals surface area contributed by atoms with Gasteiger partial charge in [-0.2, -0.15) is 14.6 Å². The maximum Gasteiger partial charge on any atom is 0.276 e. The number of nitro benzene ring substituents is 2. The fraction of sp³-hybridized carbons (Fsp3) is 0.273. The third kappa shape index (κ3) is 8.64. The predicted octanol–water partition coefficient (Wildman–Crippen LogP) is 11.1. The van der Waals surface area contributed by atoms with Crippen LogP contribution in [-0.4, -0.2) is 29.4 Å². The zero-order valence-electron chi connectivity index (χ0n) is 33.4. The van der Waals surface area contributed by atoms with Gasteiger partial charge in [0.25, 0.3) is 11.4 Å². The highest BCUT2D eigenvalue weighted by Gasteiger charge is 2.30. The van der Waals surface area contributed by atoms with Gasteiger partial charge in [0.1, 0.15) is 29.9 Å². The Morgan fingerprint density at radius 3 is 1.74 bits per heavy atom. The average molecular weight is 807 g/mol. The van der Waals surface area contributed by atoms with Gasteiger partial charge in [0.15, 0.2) is 0 Å². The Kier molecular flexibility index (Phi) is 12.1. The summed E-state index contributed by atoms with van der Waals surface area (Å²) < 4.78 is 28.8. The van der Waals surface area contributed by atoms with E-state index in [2.05, 4.69) is 16.8 Å². The maximum atomic E-state index is 14.0. The van der Waals surface area contributed by atoms with Crippen molar-refractivity contribution in [3.63, 3.8) is 0 Å². The summed E-state index contributed by atoms with van der Waals surface area (Å²) in [5.74, 6) is 1.32. The van der Waals surface area contributed by atoms with Crippen molar-refractivity contribution in [1.82, 2.24) is 19.6 Å². The number of ether oxygens (including phenoxy) is 2. The highest BCUT2D eigenvalue weighted by Crippen LogP contribution is 2.44. The second kappa shape index (κ2) is 17.0. The molecule has 0 spiro atoms. The standard InChI is InChI=1S/C22H22ClN3O3.C22H22FN3O3/c1-13(2)17-7-6-8-19(26(27)28)18(17)12-29-20-10-9-16(11-14(20)3)21-15(4)22(23)25(5)24-21;1-13-11-16(21-14(2)22(23)25(3)24-21)9-10-20(13)29-12-18-17(15-7-8-15)5-4-6-19(18)26(27)28/h6-11H,1,12H2,2-5H3;4-6,9-11,15H,7-8,12H2,1-3H3. The Balaban J connectivity index is 0.000000196. The molecule has 2 heterocycles. The van der Waals surface area contributed by atoms with E-state index in [0.717, 1.165) is 63.1 Å². The van der Waals surface area contributed by atoms with Gasteiger partial charge in [-0.25, -0.2) is 4.68 Å². The normalized spacial score (nSPS) is 12.2. The Morgan fingerprint density at radius 1 is 0.793 bits per heavy atom. The van der Waals surface area contributed by atoms with Gasteiger partial charge in [-0.1, -0.05) is 48.0 Å². The first-order chi connectivity index (χ1) is 27.6. The highest BCUT2D eigenvalue weighted by molar-refractivity contribution is 6.30. The molecule has 4 aromatic carbocycles. The Morgan fingerprint density at radius 2 is 1.29 bits per heavy atom. The smallest absolute Gasteiger partial charge is 0.276 e. The van der Waals surface area contributed by atoms with Crippen molar-refractivity contribution in [1.29, 1.82) is 0 Å². The summed E-state index contributed by atoms with van der Waals surface area (Å²) in [7, 11) is 3.37.